The first-order chi connectivity index (χ1) is 10.0. The number of nitrogens with zero attached hydrogens (tertiary/aromatic N) is 3. The summed E-state index contributed by atoms with van der Waals surface area (Å²) in [7, 11) is 6.11. The van der Waals surface area contributed by atoms with Crippen LogP contribution < -0.4 is 10.2 Å². The van der Waals surface area contributed by atoms with Crippen molar-refractivity contribution in [2.45, 2.75) is 32.2 Å². The second-order valence-corrected chi connectivity index (χ2v) is 6.94. The number of amides is 1. The number of nitrogens with one attached hydrogen (secondary N) is 1. The summed E-state index contributed by atoms with van der Waals surface area (Å²) in [6, 6.07) is 0. The van der Waals surface area contributed by atoms with Gasteiger partial charge in [-0.3, -0.25) is 4.79 Å². The molecule has 5 nitrogen and oxygen atoms in total. The minimum atomic E-state index is 0.141. The second-order valence-electron chi connectivity index (χ2n) is 6.10. The molecule has 0 saturated carbocycles. The first-order valence-electron chi connectivity index (χ1n) is 7.61. The smallest absolute Gasteiger partial charge is 0.220 e. The van der Waals surface area contributed by atoms with Crippen molar-refractivity contribution >= 4 is 22.4 Å². The van der Waals surface area contributed by atoms with E-state index in [9.17, 15) is 4.79 Å². The minimum absolute atomic E-state index is 0.141. The fourth-order valence-electron chi connectivity index (χ4n) is 2.70. The molecule has 1 N–H and O–H groups in total. The van der Waals surface area contributed by atoms with E-state index >= 15 is 0 Å². The Bertz CT molecular complexity index is 460. The maximum absolute atomic E-state index is 11.9. The predicted molar refractivity (Wildman–Crippen MR) is 87.7 cm³/mol. The first-order valence-corrected chi connectivity index (χ1v) is 8.49. The summed E-state index contributed by atoms with van der Waals surface area (Å²) in [6.45, 7) is 2.86. The maximum Gasteiger partial charge on any atom is 0.220 e. The zero-order valence-electron chi connectivity index (χ0n) is 13.3. The molecule has 2 heterocycles. The molecule has 1 fully saturated rings. The lowest BCUT2D eigenvalue weighted by Crippen LogP contribution is -2.33. The van der Waals surface area contributed by atoms with Crippen molar-refractivity contribution in [2.24, 2.45) is 5.92 Å². The molecule has 0 radical (unpaired) electrons. The van der Waals surface area contributed by atoms with Gasteiger partial charge in [0.05, 0.1) is 12.2 Å². The third kappa shape index (κ3) is 5.28. The quantitative estimate of drug-likeness (QED) is 0.872. The normalized spacial score (nSPS) is 19.5. The van der Waals surface area contributed by atoms with Gasteiger partial charge in [-0.2, -0.15) is 0 Å². The molecular weight excluding hydrogens is 284 g/mol. The van der Waals surface area contributed by atoms with Gasteiger partial charge >= 0.3 is 0 Å². The van der Waals surface area contributed by atoms with Crippen LogP contribution in [0, 0.1) is 5.92 Å². The zero-order valence-corrected chi connectivity index (χ0v) is 14.1. The standard InChI is InChI=1S/C15H26N4OS/c1-18(2)15-17-13(11-21-15)9-16-14(20)7-6-12-5-4-8-19(3)10-12/h11-12H,4-10H2,1-3H3,(H,16,20). The van der Waals surface area contributed by atoms with Crippen LogP contribution in [0.4, 0.5) is 5.13 Å². The molecule has 6 heteroatoms. The number of thiazole rings is 1. The highest BCUT2D eigenvalue weighted by Crippen LogP contribution is 2.20. The fraction of sp³-hybridized carbons (Fsp3) is 0.733. The number of likely N-dealkylation sites (tertiary alicyclic amines) is 1. The summed E-state index contributed by atoms with van der Waals surface area (Å²) in [5, 5.41) is 5.96. The highest BCUT2D eigenvalue weighted by atomic mass is 32.1. The van der Waals surface area contributed by atoms with Gasteiger partial charge in [-0.15, -0.1) is 11.3 Å². The third-order valence-corrected chi connectivity index (χ3v) is 4.95. The monoisotopic (exact) mass is 310 g/mol. The lowest BCUT2D eigenvalue weighted by molar-refractivity contribution is -0.121. The Balaban J connectivity index is 1.67. The van der Waals surface area contributed by atoms with Crippen LogP contribution in [0.15, 0.2) is 5.38 Å². The van der Waals surface area contributed by atoms with Gasteiger partial charge in [-0.05, 0) is 38.8 Å². The predicted octanol–water partition coefficient (Wildman–Crippen LogP) is 1.95. The largest absolute Gasteiger partial charge is 0.354 e. The lowest BCUT2D eigenvalue weighted by atomic mass is 9.93. The number of hydrogen-bond donors (Lipinski definition) is 1. The zero-order chi connectivity index (χ0) is 15.2. The summed E-state index contributed by atoms with van der Waals surface area (Å²) in [5.41, 5.74) is 0.939. The van der Waals surface area contributed by atoms with Crippen molar-refractivity contribution in [3.63, 3.8) is 0 Å². The average molecular weight is 310 g/mol. The average Bonchev–Trinajstić information content (AvgIpc) is 2.92. The van der Waals surface area contributed by atoms with Crippen molar-refractivity contribution in [2.75, 3.05) is 39.1 Å². The highest BCUT2D eigenvalue weighted by molar-refractivity contribution is 7.13. The number of piperidine rings is 1. The van der Waals surface area contributed by atoms with Gasteiger partial charge in [0.1, 0.15) is 0 Å². The summed E-state index contributed by atoms with van der Waals surface area (Å²) in [5.74, 6) is 0.816. The number of aromatic nitrogens is 1. The van der Waals surface area contributed by atoms with E-state index in [1.807, 2.05) is 24.4 Å². The van der Waals surface area contributed by atoms with E-state index in [4.69, 9.17) is 0 Å². The molecule has 0 bridgehead atoms. The molecule has 1 saturated heterocycles. The van der Waals surface area contributed by atoms with E-state index in [0.29, 0.717) is 18.9 Å². The van der Waals surface area contributed by atoms with Gasteiger partial charge < -0.3 is 15.1 Å². The molecule has 118 valence electrons. The van der Waals surface area contributed by atoms with Crippen LogP contribution in [0.1, 0.15) is 31.4 Å². The van der Waals surface area contributed by atoms with Crippen LogP contribution in [-0.2, 0) is 11.3 Å². The number of anilines is 1. The molecule has 0 aliphatic carbocycles. The Morgan fingerprint density at radius 3 is 3.05 bits per heavy atom. The lowest BCUT2D eigenvalue weighted by Gasteiger charge is -2.29. The Labute approximate surface area is 131 Å². The van der Waals surface area contributed by atoms with Crippen molar-refractivity contribution in [3.8, 4) is 0 Å². The van der Waals surface area contributed by atoms with Crippen LogP contribution >= 0.6 is 11.3 Å². The van der Waals surface area contributed by atoms with Crippen molar-refractivity contribution in [3.05, 3.63) is 11.1 Å². The summed E-state index contributed by atoms with van der Waals surface area (Å²) in [4.78, 5) is 20.7. The fourth-order valence-corrected chi connectivity index (χ4v) is 3.46. The molecule has 0 aromatic carbocycles. The minimum Gasteiger partial charge on any atom is -0.354 e. The Morgan fingerprint density at radius 1 is 1.57 bits per heavy atom. The molecule has 1 aliphatic heterocycles. The van der Waals surface area contributed by atoms with E-state index in [1.54, 1.807) is 11.3 Å². The molecular formula is C15H26N4OS. The Morgan fingerprint density at radius 2 is 2.38 bits per heavy atom. The molecule has 1 aromatic rings. The third-order valence-electron chi connectivity index (χ3n) is 3.89. The van der Waals surface area contributed by atoms with Crippen LogP contribution in [0.5, 0.6) is 0 Å². The Kier molecular flexibility index (Phi) is 5.99. The second kappa shape index (κ2) is 7.75. The van der Waals surface area contributed by atoms with E-state index < -0.39 is 0 Å². The van der Waals surface area contributed by atoms with Crippen molar-refractivity contribution < 1.29 is 4.79 Å². The molecule has 1 atom stereocenters. The molecule has 21 heavy (non-hydrogen) atoms. The van der Waals surface area contributed by atoms with E-state index in [1.165, 1.54) is 19.4 Å². The van der Waals surface area contributed by atoms with Crippen molar-refractivity contribution in [1.29, 1.82) is 0 Å². The highest BCUT2D eigenvalue weighted by Gasteiger charge is 2.18. The van der Waals surface area contributed by atoms with Crippen molar-refractivity contribution in [1.82, 2.24) is 15.2 Å². The molecule has 1 unspecified atom stereocenters. The number of hydrogen-bond acceptors (Lipinski definition) is 5. The first kappa shape index (κ1) is 16.2. The summed E-state index contributed by atoms with van der Waals surface area (Å²) < 4.78 is 0. The van der Waals surface area contributed by atoms with E-state index in [0.717, 1.165) is 23.8 Å². The topological polar surface area (TPSA) is 48.5 Å². The maximum atomic E-state index is 11.9. The molecule has 1 aliphatic rings. The van der Waals surface area contributed by atoms with Gasteiger partial charge in [0.25, 0.3) is 0 Å². The van der Waals surface area contributed by atoms with Gasteiger partial charge in [0.2, 0.25) is 5.91 Å². The molecule has 0 spiro atoms. The molecule has 1 amide bonds. The Hall–Kier alpha value is -1.14. The van der Waals surface area contributed by atoms with Crippen LogP contribution in [0.25, 0.3) is 0 Å². The molecule has 2 rings (SSSR count). The summed E-state index contributed by atoms with van der Waals surface area (Å²) in [6.07, 6.45) is 4.14. The van der Waals surface area contributed by atoms with Gasteiger partial charge in [0.15, 0.2) is 5.13 Å². The van der Waals surface area contributed by atoms with Crippen LogP contribution in [0.3, 0.4) is 0 Å². The molecule has 1 aromatic heterocycles. The number of rotatable bonds is 6. The van der Waals surface area contributed by atoms with Gasteiger partial charge in [-0.25, -0.2) is 4.98 Å². The van der Waals surface area contributed by atoms with Crippen LogP contribution in [-0.4, -0.2) is 50.0 Å². The summed E-state index contributed by atoms with van der Waals surface area (Å²) >= 11 is 1.60. The van der Waals surface area contributed by atoms with E-state index in [-0.39, 0.29) is 5.91 Å². The number of carbonyl (C=O) groups excluding carboxylic acids is 1. The van der Waals surface area contributed by atoms with Crippen LogP contribution in [0.2, 0.25) is 0 Å². The SMILES string of the molecule is CN1CCCC(CCC(=O)NCc2csc(N(C)C)n2)C1. The van der Waals surface area contributed by atoms with E-state index in [2.05, 4.69) is 22.2 Å². The number of carbonyl (C=O) groups is 1. The van der Waals surface area contributed by atoms with Gasteiger partial charge in [-0.1, -0.05) is 0 Å². The van der Waals surface area contributed by atoms with Gasteiger partial charge in [0, 0.05) is 32.4 Å².